The van der Waals surface area contributed by atoms with Gasteiger partial charge in [-0.05, 0) is 39.1 Å². The molecule has 158 valence electrons. The summed E-state index contributed by atoms with van der Waals surface area (Å²) in [7, 11) is 4.14. The summed E-state index contributed by atoms with van der Waals surface area (Å²) >= 11 is 0. The highest BCUT2D eigenvalue weighted by Gasteiger charge is 2.25. The van der Waals surface area contributed by atoms with Crippen molar-refractivity contribution in [2.45, 2.75) is 32.5 Å². The average molecular weight is 392 g/mol. The molecule has 0 radical (unpaired) electrons. The smallest absolute Gasteiger partial charge is 0.191 e. The lowest BCUT2D eigenvalue weighted by atomic mass is 10.1. The Kier molecular flexibility index (Phi) is 9.18. The van der Waals surface area contributed by atoms with Crippen molar-refractivity contribution in [3.8, 4) is 0 Å². The van der Waals surface area contributed by atoms with Crippen molar-refractivity contribution < 1.29 is 9.84 Å². The van der Waals surface area contributed by atoms with Gasteiger partial charge in [-0.2, -0.15) is 0 Å². The number of aliphatic hydroxyl groups is 1. The largest absolute Gasteiger partial charge is 0.387 e. The van der Waals surface area contributed by atoms with Crippen molar-refractivity contribution in [2.75, 3.05) is 60.0 Å². The van der Waals surface area contributed by atoms with Gasteiger partial charge in [0.2, 0.25) is 0 Å². The molecule has 1 atom stereocenters. The third kappa shape index (κ3) is 8.56. The summed E-state index contributed by atoms with van der Waals surface area (Å²) in [6.07, 6.45) is 0. The van der Waals surface area contributed by atoms with E-state index in [0.717, 1.165) is 45.4 Å². The molecule has 7 heteroatoms. The van der Waals surface area contributed by atoms with Crippen molar-refractivity contribution in [3.63, 3.8) is 0 Å². The Morgan fingerprint density at radius 2 is 1.96 bits per heavy atom. The van der Waals surface area contributed by atoms with Crippen LogP contribution in [0, 0.1) is 0 Å². The molecule has 28 heavy (non-hydrogen) atoms. The molecule has 1 unspecified atom stereocenters. The number of β-amino-alcohol motifs (C(OH)–C–C–N with tert-alkyl or cyclic N) is 1. The second kappa shape index (κ2) is 11.4. The van der Waals surface area contributed by atoms with Gasteiger partial charge in [-0.1, -0.05) is 24.3 Å². The van der Waals surface area contributed by atoms with Crippen LogP contribution in [0.4, 0.5) is 0 Å². The first-order valence-electron chi connectivity index (χ1n) is 10.1. The molecule has 0 amide bonds. The Bertz CT molecular complexity index is 613. The molecule has 1 fully saturated rings. The van der Waals surface area contributed by atoms with Crippen LogP contribution in [0.3, 0.4) is 0 Å². The van der Waals surface area contributed by atoms with Gasteiger partial charge in [0.15, 0.2) is 5.96 Å². The van der Waals surface area contributed by atoms with Crippen LogP contribution in [0.15, 0.2) is 29.3 Å². The third-order valence-electron chi connectivity index (χ3n) is 4.56. The minimum absolute atomic E-state index is 0.441. The van der Waals surface area contributed by atoms with E-state index in [1.807, 2.05) is 13.8 Å². The van der Waals surface area contributed by atoms with Gasteiger partial charge >= 0.3 is 0 Å². The Morgan fingerprint density at radius 3 is 2.64 bits per heavy atom. The van der Waals surface area contributed by atoms with E-state index in [2.05, 4.69) is 63.8 Å². The fourth-order valence-corrected chi connectivity index (χ4v) is 3.27. The van der Waals surface area contributed by atoms with Gasteiger partial charge in [-0.15, -0.1) is 0 Å². The van der Waals surface area contributed by atoms with Gasteiger partial charge in [0.05, 0.1) is 25.4 Å². The standard InChI is InChI=1S/C21H37N5O2/c1-5-22-20(23-14-18-7-6-8-19(13-18)15-25(3)4)24-16-21(2,27)17-26-9-11-28-12-10-26/h6-8,13,27H,5,9-12,14-17H2,1-4H3,(H2,22,23,24). The predicted octanol–water partition coefficient (Wildman–Crippen LogP) is 0.887. The summed E-state index contributed by atoms with van der Waals surface area (Å²) in [5.41, 5.74) is 1.62. The molecule has 1 aliphatic heterocycles. The van der Waals surface area contributed by atoms with E-state index in [1.165, 1.54) is 11.1 Å². The molecular weight excluding hydrogens is 354 g/mol. The van der Waals surface area contributed by atoms with E-state index in [1.54, 1.807) is 0 Å². The minimum atomic E-state index is -0.834. The third-order valence-corrected chi connectivity index (χ3v) is 4.56. The molecule has 1 saturated heterocycles. The first-order valence-corrected chi connectivity index (χ1v) is 10.1. The second-order valence-electron chi connectivity index (χ2n) is 7.99. The molecule has 0 bridgehead atoms. The molecule has 0 aliphatic carbocycles. The minimum Gasteiger partial charge on any atom is -0.387 e. The predicted molar refractivity (Wildman–Crippen MR) is 115 cm³/mol. The van der Waals surface area contributed by atoms with E-state index in [4.69, 9.17) is 4.74 Å². The number of guanidine groups is 1. The van der Waals surface area contributed by atoms with E-state index in [-0.39, 0.29) is 0 Å². The van der Waals surface area contributed by atoms with Crippen molar-refractivity contribution in [1.29, 1.82) is 0 Å². The maximum absolute atomic E-state index is 10.8. The number of hydrogen-bond acceptors (Lipinski definition) is 5. The molecule has 1 aromatic rings. The van der Waals surface area contributed by atoms with Crippen LogP contribution in [0.25, 0.3) is 0 Å². The molecule has 1 aliphatic rings. The molecule has 7 nitrogen and oxygen atoms in total. The number of morpholine rings is 1. The number of benzene rings is 1. The molecule has 2 rings (SSSR count). The SMILES string of the molecule is CCNC(=NCc1cccc(CN(C)C)c1)NCC(C)(O)CN1CCOCC1. The van der Waals surface area contributed by atoms with Crippen LogP contribution in [-0.4, -0.2) is 86.5 Å². The van der Waals surface area contributed by atoms with Gasteiger partial charge in [-0.25, -0.2) is 4.99 Å². The monoisotopic (exact) mass is 391 g/mol. The van der Waals surface area contributed by atoms with E-state index in [0.29, 0.717) is 19.6 Å². The van der Waals surface area contributed by atoms with E-state index >= 15 is 0 Å². The summed E-state index contributed by atoms with van der Waals surface area (Å²) in [4.78, 5) is 9.09. The summed E-state index contributed by atoms with van der Waals surface area (Å²) in [6.45, 7) is 10.5. The Hall–Kier alpha value is -1.67. The summed E-state index contributed by atoms with van der Waals surface area (Å²) < 4.78 is 5.38. The lowest BCUT2D eigenvalue weighted by molar-refractivity contribution is -0.0201. The molecule has 3 N–H and O–H groups in total. The maximum Gasteiger partial charge on any atom is 0.191 e. The van der Waals surface area contributed by atoms with E-state index in [9.17, 15) is 5.11 Å². The van der Waals surface area contributed by atoms with Crippen LogP contribution < -0.4 is 10.6 Å². The van der Waals surface area contributed by atoms with Crippen molar-refractivity contribution in [2.24, 2.45) is 4.99 Å². The number of rotatable bonds is 9. The number of nitrogens with one attached hydrogen (secondary N) is 2. The fourth-order valence-electron chi connectivity index (χ4n) is 3.27. The lowest BCUT2D eigenvalue weighted by Crippen LogP contribution is -2.52. The Morgan fingerprint density at radius 1 is 1.25 bits per heavy atom. The first kappa shape index (κ1) is 22.6. The molecule has 0 saturated carbocycles. The molecular formula is C21H37N5O2. The quantitative estimate of drug-likeness (QED) is 0.429. The highest BCUT2D eigenvalue weighted by atomic mass is 16.5. The topological polar surface area (TPSA) is 72.4 Å². The maximum atomic E-state index is 10.8. The summed E-state index contributed by atoms with van der Waals surface area (Å²) in [5, 5.41) is 17.3. The van der Waals surface area contributed by atoms with Gasteiger partial charge in [-0.3, -0.25) is 4.90 Å². The van der Waals surface area contributed by atoms with Crippen LogP contribution in [0.1, 0.15) is 25.0 Å². The Labute approximate surface area is 169 Å². The average Bonchev–Trinajstić information content (AvgIpc) is 2.64. The normalized spacial score (nSPS) is 18.1. The number of aliphatic imine (C=N–C) groups is 1. The van der Waals surface area contributed by atoms with Crippen LogP contribution >= 0.6 is 0 Å². The van der Waals surface area contributed by atoms with E-state index < -0.39 is 5.60 Å². The molecule has 1 heterocycles. The highest BCUT2D eigenvalue weighted by molar-refractivity contribution is 5.79. The number of hydrogen-bond donors (Lipinski definition) is 3. The Balaban J connectivity index is 1.90. The van der Waals surface area contributed by atoms with Crippen LogP contribution in [0.2, 0.25) is 0 Å². The highest BCUT2D eigenvalue weighted by Crippen LogP contribution is 2.09. The van der Waals surface area contributed by atoms with Crippen molar-refractivity contribution in [3.05, 3.63) is 35.4 Å². The van der Waals surface area contributed by atoms with Crippen LogP contribution in [-0.2, 0) is 17.8 Å². The number of ether oxygens (including phenoxy) is 1. The molecule has 0 spiro atoms. The molecule has 0 aromatic heterocycles. The zero-order valence-electron chi connectivity index (χ0n) is 17.9. The van der Waals surface area contributed by atoms with Crippen molar-refractivity contribution in [1.82, 2.24) is 20.4 Å². The summed E-state index contributed by atoms with van der Waals surface area (Å²) in [6, 6.07) is 8.51. The zero-order chi connectivity index (χ0) is 20.4. The van der Waals surface area contributed by atoms with Crippen LogP contribution in [0.5, 0.6) is 0 Å². The van der Waals surface area contributed by atoms with Crippen molar-refractivity contribution >= 4 is 5.96 Å². The zero-order valence-corrected chi connectivity index (χ0v) is 17.9. The second-order valence-corrected chi connectivity index (χ2v) is 7.99. The lowest BCUT2D eigenvalue weighted by Gasteiger charge is -2.34. The summed E-state index contributed by atoms with van der Waals surface area (Å²) in [5.74, 6) is 0.725. The van der Waals surface area contributed by atoms with Gasteiger partial charge in [0.1, 0.15) is 0 Å². The molecule has 1 aromatic carbocycles. The van der Waals surface area contributed by atoms with Gasteiger partial charge in [0, 0.05) is 39.3 Å². The van der Waals surface area contributed by atoms with Gasteiger partial charge in [0.25, 0.3) is 0 Å². The van der Waals surface area contributed by atoms with Gasteiger partial charge < -0.3 is 25.4 Å². The first-order chi connectivity index (χ1) is 13.4. The fraction of sp³-hybridized carbons (Fsp3) is 0.667. The number of nitrogens with zero attached hydrogens (tertiary/aromatic N) is 3.